The Morgan fingerprint density at radius 1 is 1.05 bits per heavy atom. The van der Waals surface area contributed by atoms with Crippen molar-refractivity contribution in [2.45, 2.75) is 49.7 Å². The standard InChI is InChI=1S/C28H28N6O3S/c1-17-8-9-34-24(10-17)23(15-31-34)18-2-4-21(5-3-18)32-27(35)28(13-19-11-20(19)14-28)25-12-26(30-16-29-25)33-38(36,37)22-6-7-22/h2-5,8-10,12,15-16,19-20,22H,6-7,11,13-14H2,1H3,(H,32,35)(H,29,30,33). The van der Waals surface area contributed by atoms with Gasteiger partial charge in [0.1, 0.15) is 12.1 Å². The van der Waals surface area contributed by atoms with Gasteiger partial charge in [0, 0.05) is 23.5 Å². The first-order chi connectivity index (χ1) is 18.3. The van der Waals surface area contributed by atoms with Crippen LogP contribution in [0.5, 0.6) is 0 Å². The molecular weight excluding hydrogens is 500 g/mol. The molecule has 1 aromatic carbocycles. The summed E-state index contributed by atoms with van der Waals surface area (Å²) < 4.78 is 29.4. The lowest BCUT2D eigenvalue weighted by atomic mass is 9.78. The number of sulfonamides is 1. The molecule has 3 aliphatic carbocycles. The summed E-state index contributed by atoms with van der Waals surface area (Å²) in [6, 6.07) is 13.6. The molecule has 0 aliphatic heterocycles. The minimum Gasteiger partial charge on any atom is -0.325 e. The van der Waals surface area contributed by atoms with Gasteiger partial charge in [-0.05, 0) is 86.3 Å². The van der Waals surface area contributed by atoms with Gasteiger partial charge in [-0.25, -0.2) is 22.9 Å². The smallest absolute Gasteiger partial charge is 0.236 e. The highest BCUT2D eigenvalue weighted by Crippen LogP contribution is 2.60. The summed E-state index contributed by atoms with van der Waals surface area (Å²) in [6.07, 6.45) is 9.03. The van der Waals surface area contributed by atoms with Crippen LogP contribution in [-0.4, -0.2) is 39.2 Å². The zero-order valence-electron chi connectivity index (χ0n) is 21.0. The summed E-state index contributed by atoms with van der Waals surface area (Å²) in [5.74, 6) is 1.12. The molecule has 4 aromatic rings. The average Bonchev–Trinajstić information content (AvgIpc) is 3.82. The van der Waals surface area contributed by atoms with Gasteiger partial charge in [-0.1, -0.05) is 12.1 Å². The Labute approximate surface area is 220 Å². The van der Waals surface area contributed by atoms with Crippen molar-refractivity contribution in [3.05, 3.63) is 72.4 Å². The molecule has 9 nitrogen and oxygen atoms in total. The van der Waals surface area contributed by atoms with E-state index in [0.29, 0.717) is 48.9 Å². The van der Waals surface area contributed by atoms with Gasteiger partial charge in [0.15, 0.2) is 0 Å². The molecule has 3 aliphatic rings. The zero-order valence-corrected chi connectivity index (χ0v) is 21.8. The average molecular weight is 529 g/mol. The largest absolute Gasteiger partial charge is 0.325 e. The first-order valence-electron chi connectivity index (χ1n) is 13.0. The number of benzene rings is 1. The molecule has 3 fully saturated rings. The van der Waals surface area contributed by atoms with Crippen molar-refractivity contribution in [1.29, 1.82) is 0 Å². The fraction of sp³-hybridized carbons (Fsp3) is 0.357. The van der Waals surface area contributed by atoms with E-state index in [4.69, 9.17) is 0 Å². The third-order valence-corrected chi connectivity index (χ3v) is 10.1. The molecule has 2 atom stereocenters. The highest BCUT2D eigenvalue weighted by molar-refractivity contribution is 7.93. The van der Waals surface area contributed by atoms with Crippen LogP contribution in [0.3, 0.4) is 0 Å². The maximum absolute atomic E-state index is 13.8. The summed E-state index contributed by atoms with van der Waals surface area (Å²) in [6.45, 7) is 2.06. The molecule has 10 heteroatoms. The Balaban J connectivity index is 1.15. The van der Waals surface area contributed by atoms with Gasteiger partial charge in [-0.3, -0.25) is 9.52 Å². The van der Waals surface area contributed by atoms with Crippen LogP contribution in [0.25, 0.3) is 16.6 Å². The Hall–Kier alpha value is -3.79. The van der Waals surface area contributed by atoms with E-state index in [1.807, 2.05) is 47.2 Å². The highest BCUT2D eigenvalue weighted by atomic mass is 32.2. The van der Waals surface area contributed by atoms with E-state index in [2.05, 4.69) is 38.1 Å². The quantitative estimate of drug-likeness (QED) is 0.369. The Kier molecular flexibility index (Phi) is 5.13. The maximum atomic E-state index is 13.8. The molecule has 3 aromatic heterocycles. The Morgan fingerprint density at radius 2 is 1.82 bits per heavy atom. The molecule has 0 radical (unpaired) electrons. The van der Waals surface area contributed by atoms with Crippen LogP contribution in [0.2, 0.25) is 0 Å². The molecule has 194 valence electrons. The molecule has 3 heterocycles. The van der Waals surface area contributed by atoms with Crippen molar-refractivity contribution in [3.8, 4) is 11.1 Å². The van der Waals surface area contributed by atoms with Crippen molar-refractivity contribution in [1.82, 2.24) is 19.6 Å². The summed E-state index contributed by atoms with van der Waals surface area (Å²) in [5.41, 5.74) is 4.71. The number of carbonyl (C=O) groups excluding carboxylic acids is 1. The molecule has 0 bridgehead atoms. The highest BCUT2D eigenvalue weighted by Gasteiger charge is 2.59. The van der Waals surface area contributed by atoms with Crippen molar-refractivity contribution >= 4 is 33.0 Å². The number of pyridine rings is 1. The third-order valence-electron chi connectivity index (χ3n) is 8.22. The number of anilines is 2. The van der Waals surface area contributed by atoms with Crippen LogP contribution in [0.15, 0.2) is 61.2 Å². The summed E-state index contributed by atoms with van der Waals surface area (Å²) in [7, 11) is -3.46. The second-order valence-electron chi connectivity index (χ2n) is 11.0. The van der Waals surface area contributed by atoms with Gasteiger partial charge >= 0.3 is 0 Å². The first-order valence-corrected chi connectivity index (χ1v) is 14.6. The molecule has 2 unspecified atom stereocenters. The van der Waals surface area contributed by atoms with E-state index >= 15 is 0 Å². The maximum Gasteiger partial charge on any atom is 0.236 e. The molecular formula is C28H28N6O3S. The van der Waals surface area contributed by atoms with Crippen molar-refractivity contribution < 1.29 is 13.2 Å². The van der Waals surface area contributed by atoms with Crippen LogP contribution in [0.1, 0.15) is 43.4 Å². The number of amides is 1. The molecule has 1 amide bonds. The minimum absolute atomic E-state index is 0.112. The molecule has 0 saturated heterocycles. The SMILES string of the molecule is Cc1ccn2ncc(-c3ccc(NC(=O)C4(c5cc(NS(=O)(=O)C6CC6)ncn5)CC5CC5C4)cc3)c2c1. The fourth-order valence-electron chi connectivity index (χ4n) is 5.87. The lowest BCUT2D eigenvalue weighted by Gasteiger charge is -2.29. The van der Waals surface area contributed by atoms with Gasteiger partial charge in [0.2, 0.25) is 15.9 Å². The van der Waals surface area contributed by atoms with Gasteiger partial charge in [-0.2, -0.15) is 5.10 Å². The first kappa shape index (κ1) is 23.3. The van der Waals surface area contributed by atoms with Gasteiger partial charge < -0.3 is 5.32 Å². The van der Waals surface area contributed by atoms with E-state index in [9.17, 15) is 13.2 Å². The van der Waals surface area contributed by atoms with Crippen LogP contribution < -0.4 is 10.0 Å². The second kappa shape index (κ2) is 8.36. The van der Waals surface area contributed by atoms with Crippen LogP contribution in [-0.2, 0) is 20.2 Å². The fourth-order valence-corrected chi connectivity index (χ4v) is 7.20. The lowest BCUT2D eigenvalue weighted by molar-refractivity contribution is -0.122. The van der Waals surface area contributed by atoms with Crippen LogP contribution in [0.4, 0.5) is 11.5 Å². The number of hydrogen-bond donors (Lipinski definition) is 2. The number of aryl methyl sites for hydroxylation is 1. The normalized spacial score (nSPS) is 24.2. The van der Waals surface area contributed by atoms with E-state index in [-0.39, 0.29) is 17.0 Å². The lowest BCUT2D eigenvalue weighted by Crippen LogP contribution is -2.40. The number of aromatic nitrogens is 4. The Morgan fingerprint density at radius 3 is 2.55 bits per heavy atom. The molecule has 2 N–H and O–H groups in total. The molecule has 3 saturated carbocycles. The molecule has 38 heavy (non-hydrogen) atoms. The Bertz CT molecular complexity index is 1670. The van der Waals surface area contributed by atoms with E-state index in [1.54, 1.807) is 6.07 Å². The van der Waals surface area contributed by atoms with Crippen LogP contribution in [0, 0.1) is 18.8 Å². The number of carbonyl (C=O) groups is 1. The second-order valence-corrected chi connectivity index (χ2v) is 13.0. The van der Waals surface area contributed by atoms with Crippen LogP contribution >= 0.6 is 0 Å². The third kappa shape index (κ3) is 4.03. The number of rotatable bonds is 7. The zero-order chi connectivity index (χ0) is 26.1. The van der Waals surface area contributed by atoms with Gasteiger partial charge in [0.05, 0.1) is 28.1 Å². The van der Waals surface area contributed by atoms with E-state index in [0.717, 1.165) is 28.6 Å². The predicted molar refractivity (Wildman–Crippen MR) is 144 cm³/mol. The van der Waals surface area contributed by atoms with Gasteiger partial charge in [-0.15, -0.1) is 0 Å². The number of hydrogen-bond acceptors (Lipinski definition) is 6. The number of nitrogens with one attached hydrogen (secondary N) is 2. The van der Waals surface area contributed by atoms with Crippen molar-refractivity contribution in [2.24, 2.45) is 11.8 Å². The number of nitrogens with zero attached hydrogens (tertiary/aromatic N) is 4. The number of fused-ring (bicyclic) bond motifs is 2. The van der Waals surface area contributed by atoms with Gasteiger partial charge in [0.25, 0.3) is 0 Å². The molecule has 7 rings (SSSR count). The minimum atomic E-state index is -3.46. The predicted octanol–water partition coefficient (Wildman–Crippen LogP) is 4.31. The van der Waals surface area contributed by atoms with Crippen molar-refractivity contribution in [2.75, 3.05) is 10.0 Å². The molecule has 0 spiro atoms. The summed E-state index contributed by atoms with van der Waals surface area (Å²) in [4.78, 5) is 22.4. The van der Waals surface area contributed by atoms with Crippen molar-refractivity contribution in [3.63, 3.8) is 0 Å². The summed E-state index contributed by atoms with van der Waals surface area (Å²) >= 11 is 0. The summed E-state index contributed by atoms with van der Waals surface area (Å²) in [5, 5.41) is 7.21. The topological polar surface area (TPSA) is 118 Å². The van der Waals surface area contributed by atoms with E-state index < -0.39 is 15.4 Å². The monoisotopic (exact) mass is 528 g/mol. The van der Waals surface area contributed by atoms with E-state index in [1.165, 1.54) is 6.33 Å².